The van der Waals surface area contributed by atoms with E-state index in [1.165, 1.54) is 0 Å². The summed E-state index contributed by atoms with van der Waals surface area (Å²) >= 11 is 0. The SMILES string of the molecule is O=C(O[C@@H](C(=O)NC1CC1)c1ccccc1)[C@H]1CC(=O)N(CC(F)(F)F)C1. The fourth-order valence-corrected chi connectivity index (χ4v) is 2.92. The van der Waals surface area contributed by atoms with E-state index in [1.54, 1.807) is 30.3 Å². The Balaban J connectivity index is 1.67. The van der Waals surface area contributed by atoms with Crippen LogP contribution in [0.3, 0.4) is 0 Å². The second-order valence-electron chi connectivity index (χ2n) is 6.80. The molecule has 6 nitrogen and oxygen atoms in total. The molecule has 2 fully saturated rings. The van der Waals surface area contributed by atoms with Crippen LogP contribution in [0.4, 0.5) is 13.2 Å². The van der Waals surface area contributed by atoms with Gasteiger partial charge in [0.25, 0.3) is 5.91 Å². The maximum Gasteiger partial charge on any atom is 0.406 e. The molecule has 146 valence electrons. The van der Waals surface area contributed by atoms with Gasteiger partial charge in [-0.05, 0) is 12.8 Å². The predicted octanol–water partition coefficient (Wildman–Crippen LogP) is 1.96. The highest BCUT2D eigenvalue weighted by atomic mass is 19.4. The topological polar surface area (TPSA) is 75.7 Å². The molecule has 0 spiro atoms. The smallest absolute Gasteiger partial charge is 0.406 e. The Hall–Kier alpha value is -2.58. The summed E-state index contributed by atoms with van der Waals surface area (Å²) in [7, 11) is 0. The summed E-state index contributed by atoms with van der Waals surface area (Å²) in [5.74, 6) is -3.12. The number of ether oxygens (including phenoxy) is 1. The zero-order chi connectivity index (χ0) is 19.6. The number of likely N-dealkylation sites (tertiary alicyclic amines) is 1. The Morgan fingerprint density at radius 1 is 1.22 bits per heavy atom. The van der Waals surface area contributed by atoms with Crippen molar-refractivity contribution in [3.63, 3.8) is 0 Å². The molecule has 1 aliphatic carbocycles. The maximum absolute atomic E-state index is 12.5. The number of hydrogen-bond acceptors (Lipinski definition) is 4. The van der Waals surface area contributed by atoms with Gasteiger partial charge >= 0.3 is 12.1 Å². The Kier molecular flexibility index (Phi) is 5.38. The van der Waals surface area contributed by atoms with Crippen LogP contribution < -0.4 is 5.32 Å². The molecule has 2 amide bonds. The van der Waals surface area contributed by atoms with E-state index in [0.29, 0.717) is 10.5 Å². The van der Waals surface area contributed by atoms with E-state index in [-0.39, 0.29) is 19.0 Å². The van der Waals surface area contributed by atoms with Gasteiger partial charge in [0.2, 0.25) is 12.0 Å². The lowest BCUT2D eigenvalue weighted by Crippen LogP contribution is -2.37. The zero-order valence-electron chi connectivity index (χ0n) is 14.4. The van der Waals surface area contributed by atoms with Crippen LogP contribution in [0.2, 0.25) is 0 Å². The molecule has 27 heavy (non-hydrogen) atoms. The first-order chi connectivity index (χ1) is 12.7. The van der Waals surface area contributed by atoms with E-state index in [1.807, 2.05) is 0 Å². The van der Waals surface area contributed by atoms with E-state index in [4.69, 9.17) is 4.74 Å². The first-order valence-corrected chi connectivity index (χ1v) is 8.63. The molecule has 1 saturated heterocycles. The molecule has 1 saturated carbocycles. The molecule has 1 N–H and O–H groups in total. The number of benzene rings is 1. The molecule has 1 aromatic rings. The molecule has 0 unspecified atom stereocenters. The number of nitrogens with one attached hydrogen (secondary N) is 1. The number of amides is 2. The minimum absolute atomic E-state index is 0.0535. The number of halogens is 3. The number of hydrogen-bond donors (Lipinski definition) is 1. The van der Waals surface area contributed by atoms with E-state index >= 15 is 0 Å². The normalized spacial score (nSPS) is 21.1. The first kappa shape index (κ1) is 19.2. The third kappa shape index (κ3) is 5.21. The van der Waals surface area contributed by atoms with Crippen LogP contribution in [0.5, 0.6) is 0 Å². The lowest BCUT2D eigenvalue weighted by Gasteiger charge is -2.21. The highest BCUT2D eigenvalue weighted by Gasteiger charge is 2.42. The van der Waals surface area contributed by atoms with E-state index in [9.17, 15) is 27.6 Å². The molecule has 1 aliphatic heterocycles. The van der Waals surface area contributed by atoms with E-state index in [2.05, 4.69) is 5.32 Å². The van der Waals surface area contributed by atoms with Crippen molar-refractivity contribution in [2.45, 2.75) is 37.6 Å². The molecular weight excluding hydrogens is 365 g/mol. The maximum atomic E-state index is 12.5. The van der Waals surface area contributed by atoms with Gasteiger partial charge in [-0.15, -0.1) is 0 Å². The summed E-state index contributed by atoms with van der Waals surface area (Å²) in [6.45, 7) is -1.77. The van der Waals surface area contributed by atoms with Crippen LogP contribution in [0.25, 0.3) is 0 Å². The molecule has 3 rings (SSSR count). The monoisotopic (exact) mass is 384 g/mol. The van der Waals surface area contributed by atoms with Crippen LogP contribution in [-0.4, -0.2) is 48.0 Å². The number of alkyl halides is 3. The van der Waals surface area contributed by atoms with Crippen molar-refractivity contribution >= 4 is 17.8 Å². The Morgan fingerprint density at radius 2 is 1.89 bits per heavy atom. The van der Waals surface area contributed by atoms with Crippen molar-refractivity contribution < 1.29 is 32.3 Å². The predicted molar refractivity (Wildman–Crippen MR) is 87.2 cm³/mol. The van der Waals surface area contributed by atoms with Crippen molar-refractivity contribution in [2.24, 2.45) is 5.92 Å². The minimum atomic E-state index is -4.54. The van der Waals surface area contributed by atoms with Gasteiger partial charge in [0.15, 0.2) is 0 Å². The number of carbonyl (C=O) groups is 3. The molecule has 0 radical (unpaired) electrons. The largest absolute Gasteiger partial charge is 0.447 e. The molecule has 1 heterocycles. The van der Waals surface area contributed by atoms with Crippen molar-refractivity contribution in [2.75, 3.05) is 13.1 Å². The average Bonchev–Trinajstić information content (AvgIpc) is 3.34. The van der Waals surface area contributed by atoms with Gasteiger partial charge in [-0.1, -0.05) is 30.3 Å². The molecular formula is C18H19F3N2O4. The third-order valence-electron chi connectivity index (χ3n) is 4.42. The summed E-state index contributed by atoms with van der Waals surface area (Å²) in [5.41, 5.74) is 0.459. The highest BCUT2D eigenvalue weighted by molar-refractivity contribution is 5.89. The first-order valence-electron chi connectivity index (χ1n) is 8.63. The fraction of sp³-hybridized carbons (Fsp3) is 0.500. The van der Waals surface area contributed by atoms with Gasteiger partial charge in [0, 0.05) is 24.6 Å². The summed E-state index contributed by atoms with van der Waals surface area (Å²) in [6, 6.07) is 8.42. The molecule has 0 aromatic heterocycles. The average molecular weight is 384 g/mol. The third-order valence-corrected chi connectivity index (χ3v) is 4.42. The second-order valence-corrected chi connectivity index (χ2v) is 6.80. The second kappa shape index (κ2) is 7.58. The Labute approximate surface area is 153 Å². The summed E-state index contributed by atoms with van der Waals surface area (Å²) in [4.78, 5) is 37.2. The summed E-state index contributed by atoms with van der Waals surface area (Å²) in [5, 5.41) is 2.75. The van der Waals surface area contributed by atoms with Gasteiger partial charge < -0.3 is 15.0 Å². The van der Waals surface area contributed by atoms with Gasteiger partial charge in [0.05, 0.1) is 5.92 Å². The number of rotatable bonds is 6. The molecule has 9 heteroatoms. The van der Waals surface area contributed by atoms with E-state index < -0.39 is 42.5 Å². The van der Waals surface area contributed by atoms with Crippen molar-refractivity contribution in [3.8, 4) is 0 Å². The molecule has 2 aliphatic rings. The van der Waals surface area contributed by atoms with Crippen LogP contribution in [0, 0.1) is 5.92 Å². The lowest BCUT2D eigenvalue weighted by molar-refractivity contribution is -0.161. The number of esters is 1. The number of carbonyl (C=O) groups excluding carboxylic acids is 3. The van der Waals surface area contributed by atoms with Crippen LogP contribution in [-0.2, 0) is 19.1 Å². The standard InChI is InChI=1S/C18H19F3N2O4/c19-18(20,21)10-23-9-12(8-14(23)24)17(26)27-15(11-4-2-1-3-5-11)16(25)22-13-6-7-13/h1-5,12-13,15H,6-10H2,(H,22,25)/t12-,15+/m0/s1. The van der Waals surface area contributed by atoms with E-state index in [0.717, 1.165) is 12.8 Å². The Bertz CT molecular complexity index is 719. The zero-order valence-corrected chi connectivity index (χ0v) is 14.4. The lowest BCUT2D eigenvalue weighted by atomic mass is 10.1. The fourth-order valence-electron chi connectivity index (χ4n) is 2.92. The van der Waals surface area contributed by atoms with Crippen LogP contribution in [0.15, 0.2) is 30.3 Å². The molecule has 1 aromatic carbocycles. The van der Waals surface area contributed by atoms with Crippen molar-refractivity contribution in [1.29, 1.82) is 0 Å². The van der Waals surface area contributed by atoms with Gasteiger partial charge in [-0.3, -0.25) is 14.4 Å². The van der Waals surface area contributed by atoms with Crippen LogP contribution >= 0.6 is 0 Å². The quantitative estimate of drug-likeness (QED) is 0.761. The highest BCUT2D eigenvalue weighted by Crippen LogP contribution is 2.28. The van der Waals surface area contributed by atoms with Gasteiger partial charge in [-0.2, -0.15) is 13.2 Å². The molecule has 2 atom stereocenters. The van der Waals surface area contributed by atoms with Crippen molar-refractivity contribution in [1.82, 2.24) is 10.2 Å². The Morgan fingerprint density at radius 3 is 2.48 bits per heavy atom. The summed E-state index contributed by atoms with van der Waals surface area (Å²) in [6.07, 6.45) is -4.40. The van der Waals surface area contributed by atoms with Crippen molar-refractivity contribution in [3.05, 3.63) is 35.9 Å². The molecule has 0 bridgehead atoms. The van der Waals surface area contributed by atoms with Gasteiger partial charge in [0.1, 0.15) is 6.54 Å². The summed E-state index contributed by atoms with van der Waals surface area (Å²) < 4.78 is 42.9. The number of nitrogens with zero attached hydrogens (tertiary/aromatic N) is 1. The van der Waals surface area contributed by atoms with Gasteiger partial charge in [-0.25, -0.2) is 0 Å². The van der Waals surface area contributed by atoms with Crippen LogP contribution in [0.1, 0.15) is 30.9 Å². The minimum Gasteiger partial charge on any atom is -0.447 e.